The standard InChI is InChI=1S/C14H26N2/c1-11(2)12-5-4-6-13-9-15-16(3)10-14(13)8-7-12/h9,11-12,14-15H,4-8,10H2,1-3H3. The van der Waals surface area contributed by atoms with Gasteiger partial charge in [-0.3, -0.25) is 0 Å². The highest BCUT2D eigenvalue weighted by atomic mass is 15.5. The maximum atomic E-state index is 3.33. The zero-order chi connectivity index (χ0) is 11.5. The van der Waals surface area contributed by atoms with E-state index in [0.717, 1.165) is 17.8 Å². The largest absolute Gasteiger partial charge is 0.326 e. The summed E-state index contributed by atoms with van der Waals surface area (Å²) < 4.78 is 0. The van der Waals surface area contributed by atoms with E-state index in [1.807, 2.05) is 0 Å². The Hall–Kier alpha value is -0.500. The third-order valence-corrected chi connectivity index (χ3v) is 4.36. The second kappa shape index (κ2) is 5.22. The van der Waals surface area contributed by atoms with Crippen molar-refractivity contribution in [3.8, 4) is 0 Å². The van der Waals surface area contributed by atoms with Gasteiger partial charge >= 0.3 is 0 Å². The van der Waals surface area contributed by atoms with E-state index in [4.69, 9.17) is 0 Å². The molecule has 16 heavy (non-hydrogen) atoms. The highest BCUT2D eigenvalue weighted by Crippen LogP contribution is 2.34. The summed E-state index contributed by atoms with van der Waals surface area (Å²) in [6, 6.07) is 0. The molecule has 2 unspecified atom stereocenters. The van der Waals surface area contributed by atoms with E-state index >= 15 is 0 Å². The zero-order valence-electron chi connectivity index (χ0n) is 11.0. The summed E-state index contributed by atoms with van der Waals surface area (Å²) in [6.45, 7) is 5.96. The number of hydrogen-bond acceptors (Lipinski definition) is 2. The van der Waals surface area contributed by atoms with E-state index in [2.05, 4.69) is 37.5 Å². The fraction of sp³-hybridized carbons (Fsp3) is 0.857. The number of rotatable bonds is 1. The topological polar surface area (TPSA) is 15.3 Å². The minimum Gasteiger partial charge on any atom is -0.326 e. The molecule has 1 heterocycles. The first kappa shape index (κ1) is 12.0. The molecule has 0 aromatic heterocycles. The lowest BCUT2D eigenvalue weighted by molar-refractivity contribution is 0.193. The lowest BCUT2D eigenvalue weighted by Crippen LogP contribution is -2.40. The summed E-state index contributed by atoms with van der Waals surface area (Å²) in [4.78, 5) is 0. The number of nitrogens with zero attached hydrogens (tertiary/aromatic N) is 1. The number of nitrogens with one attached hydrogen (secondary N) is 1. The van der Waals surface area contributed by atoms with E-state index in [1.165, 1.54) is 38.6 Å². The first-order chi connectivity index (χ1) is 7.66. The lowest BCUT2D eigenvalue weighted by atomic mass is 9.78. The van der Waals surface area contributed by atoms with Gasteiger partial charge in [0.25, 0.3) is 0 Å². The van der Waals surface area contributed by atoms with Crippen LogP contribution in [0.3, 0.4) is 0 Å². The van der Waals surface area contributed by atoms with E-state index in [1.54, 1.807) is 5.57 Å². The van der Waals surface area contributed by atoms with Crippen LogP contribution in [0.4, 0.5) is 0 Å². The first-order valence-corrected chi connectivity index (χ1v) is 6.83. The van der Waals surface area contributed by atoms with E-state index < -0.39 is 0 Å². The molecule has 0 aromatic rings. The molecule has 0 amide bonds. The normalized spacial score (nSPS) is 32.4. The van der Waals surface area contributed by atoms with Gasteiger partial charge in [0, 0.05) is 19.8 Å². The molecule has 0 radical (unpaired) electrons. The summed E-state index contributed by atoms with van der Waals surface area (Å²) >= 11 is 0. The second-order valence-electron chi connectivity index (χ2n) is 5.90. The van der Waals surface area contributed by atoms with Crippen LogP contribution < -0.4 is 5.43 Å². The predicted octanol–water partition coefficient (Wildman–Crippen LogP) is 3.17. The Morgan fingerprint density at radius 1 is 1.31 bits per heavy atom. The Morgan fingerprint density at radius 2 is 2.12 bits per heavy atom. The molecule has 1 aliphatic heterocycles. The van der Waals surface area contributed by atoms with Gasteiger partial charge in [0.2, 0.25) is 0 Å². The van der Waals surface area contributed by atoms with Crippen molar-refractivity contribution in [2.45, 2.75) is 46.0 Å². The summed E-state index contributed by atoms with van der Waals surface area (Å²) in [5.41, 5.74) is 5.00. The first-order valence-electron chi connectivity index (χ1n) is 6.83. The molecule has 0 spiro atoms. The van der Waals surface area contributed by atoms with Crippen molar-refractivity contribution >= 4 is 0 Å². The average molecular weight is 222 g/mol. The Kier molecular flexibility index (Phi) is 3.91. The third kappa shape index (κ3) is 2.79. The molecule has 2 nitrogen and oxygen atoms in total. The Labute approximate surface area is 100 Å². The molecule has 0 aromatic carbocycles. The monoisotopic (exact) mass is 222 g/mol. The number of fused-ring (bicyclic) bond motifs is 1. The van der Waals surface area contributed by atoms with Gasteiger partial charge in [0.15, 0.2) is 0 Å². The molecule has 1 aliphatic carbocycles. The molecule has 2 heteroatoms. The Morgan fingerprint density at radius 3 is 2.88 bits per heavy atom. The highest BCUT2D eigenvalue weighted by Gasteiger charge is 2.25. The average Bonchev–Trinajstić information content (AvgIpc) is 2.20. The van der Waals surface area contributed by atoms with E-state index in [0.29, 0.717) is 0 Å². The van der Waals surface area contributed by atoms with Crippen molar-refractivity contribution in [2.75, 3.05) is 13.6 Å². The molecule has 1 N–H and O–H groups in total. The second-order valence-corrected chi connectivity index (χ2v) is 5.90. The van der Waals surface area contributed by atoms with E-state index in [-0.39, 0.29) is 0 Å². The van der Waals surface area contributed by atoms with Crippen LogP contribution in [0, 0.1) is 17.8 Å². The van der Waals surface area contributed by atoms with Crippen LogP contribution >= 0.6 is 0 Å². The maximum absolute atomic E-state index is 3.33. The van der Waals surface area contributed by atoms with Crippen LogP contribution in [0.1, 0.15) is 46.0 Å². The minimum atomic E-state index is 0.813. The van der Waals surface area contributed by atoms with E-state index in [9.17, 15) is 0 Å². The van der Waals surface area contributed by atoms with Gasteiger partial charge in [-0.2, -0.15) is 0 Å². The maximum Gasteiger partial charge on any atom is 0.0241 e. The van der Waals surface area contributed by atoms with Gasteiger partial charge in [-0.1, -0.05) is 13.8 Å². The third-order valence-electron chi connectivity index (χ3n) is 4.36. The van der Waals surface area contributed by atoms with Crippen molar-refractivity contribution < 1.29 is 0 Å². The van der Waals surface area contributed by atoms with Gasteiger partial charge in [0.05, 0.1) is 0 Å². The van der Waals surface area contributed by atoms with Crippen LogP contribution in [0.2, 0.25) is 0 Å². The molecule has 2 aliphatic rings. The zero-order valence-corrected chi connectivity index (χ0v) is 11.0. The van der Waals surface area contributed by atoms with Gasteiger partial charge in [-0.15, -0.1) is 0 Å². The quantitative estimate of drug-likeness (QED) is 0.733. The van der Waals surface area contributed by atoms with Gasteiger partial charge in [-0.25, -0.2) is 5.01 Å². The lowest BCUT2D eigenvalue weighted by Gasteiger charge is -2.35. The molecule has 2 atom stereocenters. The SMILES string of the molecule is CC(C)C1CCCC2=CNN(C)CC2CC1. The number of hydrogen-bond donors (Lipinski definition) is 1. The van der Waals surface area contributed by atoms with Crippen molar-refractivity contribution in [2.24, 2.45) is 17.8 Å². The number of hydrazine groups is 1. The highest BCUT2D eigenvalue weighted by molar-refractivity contribution is 5.09. The molecule has 1 fully saturated rings. The van der Waals surface area contributed by atoms with Crippen LogP contribution in [-0.2, 0) is 0 Å². The van der Waals surface area contributed by atoms with Crippen LogP contribution in [0.25, 0.3) is 0 Å². The predicted molar refractivity (Wildman–Crippen MR) is 68.8 cm³/mol. The summed E-state index contributed by atoms with van der Waals surface area (Å²) in [7, 11) is 2.14. The fourth-order valence-corrected chi connectivity index (χ4v) is 3.16. The van der Waals surface area contributed by atoms with Crippen LogP contribution in [0.5, 0.6) is 0 Å². The van der Waals surface area contributed by atoms with Crippen molar-refractivity contribution in [1.29, 1.82) is 0 Å². The summed E-state index contributed by atoms with van der Waals surface area (Å²) in [6.07, 6.45) is 9.20. The molecule has 0 saturated heterocycles. The van der Waals surface area contributed by atoms with Crippen LogP contribution in [-0.4, -0.2) is 18.6 Å². The Bertz CT molecular complexity index is 257. The van der Waals surface area contributed by atoms with Gasteiger partial charge in [0.1, 0.15) is 0 Å². The fourth-order valence-electron chi connectivity index (χ4n) is 3.16. The minimum absolute atomic E-state index is 0.813. The molecule has 1 saturated carbocycles. The van der Waals surface area contributed by atoms with Gasteiger partial charge in [-0.05, 0) is 55.4 Å². The molecular weight excluding hydrogens is 196 g/mol. The van der Waals surface area contributed by atoms with Crippen molar-refractivity contribution in [1.82, 2.24) is 10.4 Å². The smallest absolute Gasteiger partial charge is 0.0241 e. The van der Waals surface area contributed by atoms with Crippen LogP contribution in [0.15, 0.2) is 11.8 Å². The summed E-state index contributed by atoms with van der Waals surface area (Å²) in [5.74, 6) is 2.64. The molecule has 92 valence electrons. The van der Waals surface area contributed by atoms with Crippen molar-refractivity contribution in [3.63, 3.8) is 0 Å². The Balaban J connectivity index is 1.98. The van der Waals surface area contributed by atoms with Gasteiger partial charge < -0.3 is 5.43 Å². The van der Waals surface area contributed by atoms with Crippen molar-refractivity contribution in [3.05, 3.63) is 11.8 Å². The summed E-state index contributed by atoms with van der Waals surface area (Å²) in [5, 5.41) is 2.22. The molecule has 0 bridgehead atoms. The molecular formula is C14H26N2. The molecule has 2 rings (SSSR count).